The Balaban J connectivity index is 2.54. The van der Waals surface area contributed by atoms with Crippen LogP contribution in [-0.2, 0) is 4.43 Å². The van der Waals surface area contributed by atoms with Crippen LogP contribution in [0.3, 0.4) is 0 Å². The van der Waals surface area contributed by atoms with E-state index in [4.69, 9.17) is 4.43 Å². The third-order valence-corrected chi connectivity index (χ3v) is 12.0. The second-order valence-corrected chi connectivity index (χ2v) is 16.4. The SMILES string of the molecule is CC(C)C(C)(C)[Si](C)(C)OC(c1ccc(C(=O)C(C)(C)O)cc1)c1ccc(C(=O)C(C)(C)O)cc1. The van der Waals surface area contributed by atoms with E-state index in [0.29, 0.717) is 17.0 Å². The summed E-state index contributed by atoms with van der Waals surface area (Å²) in [6.45, 7) is 19.3. The summed E-state index contributed by atoms with van der Waals surface area (Å²) in [6.07, 6.45) is -0.396. The van der Waals surface area contributed by atoms with Gasteiger partial charge in [-0.05, 0) is 62.9 Å². The molecule has 0 saturated carbocycles. The first kappa shape index (κ1) is 29.1. The number of Topliss-reactive ketones (excluding diaryl/α,β-unsaturated/α-hetero) is 2. The van der Waals surface area contributed by atoms with Gasteiger partial charge in [-0.2, -0.15) is 0 Å². The molecule has 0 aromatic heterocycles. The summed E-state index contributed by atoms with van der Waals surface area (Å²) in [6, 6.07) is 14.4. The van der Waals surface area contributed by atoms with Gasteiger partial charge < -0.3 is 14.6 Å². The van der Waals surface area contributed by atoms with Gasteiger partial charge in [-0.1, -0.05) is 76.2 Å². The van der Waals surface area contributed by atoms with Gasteiger partial charge in [0.15, 0.2) is 19.9 Å². The van der Waals surface area contributed by atoms with Crippen LogP contribution in [0.5, 0.6) is 0 Å². The number of ketones is 2. The maximum atomic E-state index is 12.5. The minimum absolute atomic E-state index is 0.0150. The number of carbonyl (C=O) groups is 2. The lowest BCUT2D eigenvalue weighted by Crippen LogP contribution is -2.46. The predicted octanol–water partition coefficient (Wildman–Crippen LogP) is 6.34. The monoisotopic (exact) mass is 498 g/mol. The summed E-state index contributed by atoms with van der Waals surface area (Å²) in [5.41, 5.74) is -0.249. The first-order valence-electron chi connectivity index (χ1n) is 12.2. The van der Waals surface area contributed by atoms with Crippen molar-refractivity contribution in [3.05, 3.63) is 70.8 Å². The van der Waals surface area contributed by atoms with Crippen LogP contribution in [-0.4, -0.2) is 41.3 Å². The number of hydrogen-bond acceptors (Lipinski definition) is 5. The Bertz CT molecular complexity index is 967. The highest BCUT2D eigenvalue weighted by Crippen LogP contribution is 2.47. The third kappa shape index (κ3) is 6.56. The van der Waals surface area contributed by atoms with E-state index in [9.17, 15) is 19.8 Å². The quantitative estimate of drug-likeness (QED) is 0.295. The average molecular weight is 499 g/mol. The van der Waals surface area contributed by atoms with Crippen LogP contribution in [0.2, 0.25) is 18.1 Å². The summed E-state index contributed by atoms with van der Waals surface area (Å²) in [4.78, 5) is 25.0. The van der Waals surface area contributed by atoms with E-state index in [1.165, 1.54) is 27.7 Å². The fourth-order valence-electron chi connectivity index (χ4n) is 3.80. The summed E-state index contributed by atoms with van der Waals surface area (Å²) in [5, 5.41) is 20.2. The molecule has 2 aromatic rings. The summed E-state index contributed by atoms with van der Waals surface area (Å²) in [5.74, 6) is -0.262. The van der Waals surface area contributed by atoms with E-state index in [1.807, 2.05) is 24.3 Å². The van der Waals surface area contributed by atoms with Gasteiger partial charge in [0, 0.05) is 11.1 Å². The Morgan fingerprint density at radius 1 is 0.714 bits per heavy atom. The molecule has 0 aliphatic heterocycles. The van der Waals surface area contributed by atoms with Gasteiger partial charge in [0.05, 0.1) is 6.10 Å². The van der Waals surface area contributed by atoms with Crippen molar-refractivity contribution in [2.24, 2.45) is 5.92 Å². The van der Waals surface area contributed by atoms with Crippen molar-refractivity contribution in [2.75, 3.05) is 0 Å². The molecule has 0 unspecified atom stereocenters. The van der Waals surface area contributed by atoms with Gasteiger partial charge in [-0.15, -0.1) is 0 Å². The van der Waals surface area contributed by atoms with Gasteiger partial charge in [-0.25, -0.2) is 0 Å². The number of hydrogen-bond donors (Lipinski definition) is 2. The second-order valence-electron chi connectivity index (χ2n) is 11.9. The minimum atomic E-state index is -2.27. The molecule has 5 nitrogen and oxygen atoms in total. The molecule has 192 valence electrons. The van der Waals surface area contributed by atoms with Crippen molar-refractivity contribution >= 4 is 19.9 Å². The average Bonchev–Trinajstić information content (AvgIpc) is 2.75. The number of carbonyl (C=O) groups excluding carboxylic acids is 2. The molecule has 2 rings (SSSR count). The molecule has 0 radical (unpaired) electrons. The lowest BCUT2D eigenvalue weighted by atomic mass is 9.93. The smallest absolute Gasteiger partial charge is 0.193 e. The maximum Gasteiger partial charge on any atom is 0.193 e. The molecular weight excluding hydrogens is 456 g/mol. The van der Waals surface area contributed by atoms with Crippen molar-refractivity contribution < 1.29 is 24.2 Å². The van der Waals surface area contributed by atoms with Crippen LogP contribution in [0.1, 0.15) is 93.3 Å². The number of rotatable bonds is 10. The van der Waals surface area contributed by atoms with Gasteiger partial charge in [-0.3, -0.25) is 9.59 Å². The standard InChI is InChI=1S/C29H42O5Si/c1-19(2)29(7,8)35(9,10)34-24(20-11-15-22(16-12-20)25(30)27(3,4)32)21-13-17-23(18-14-21)26(31)28(5,6)33/h11-19,24,32-33H,1-10H3. The van der Waals surface area contributed by atoms with Crippen LogP contribution in [0, 0.1) is 5.92 Å². The zero-order chi connectivity index (χ0) is 27.0. The van der Waals surface area contributed by atoms with E-state index in [1.54, 1.807) is 24.3 Å². The fraction of sp³-hybridized carbons (Fsp3) is 0.517. The van der Waals surface area contributed by atoms with E-state index < -0.39 is 25.6 Å². The van der Waals surface area contributed by atoms with E-state index in [0.717, 1.165) is 11.1 Å². The molecule has 0 atom stereocenters. The molecule has 0 heterocycles. The van der Waals surface area contributed by atoms with Crippen LogP contribution in [0.4, 0.5) is 0 Å². The maximum absolute atomic E-state index is 12.5. The molecule has 35 heavy (non-hydrogen) atoms. The van der Waals surface area contributed by atoms with Crippen LogP contribution in [0.15, 0.2) is 48.5 Å². The summed E-state index contributed by atoms with van der Waals surface area (Å²) in [7, 11) is -2.27. The van der Waals surface area contributed by atoms with Crippen molar-refractivity contribution in [1.82, 2.24) is 0 Å². The van der Waals surface area contributed by atoms with Crippen molar-refractivity contribution in [3.63, 3.8) is 0 Å². The number of aliphatic hydroxyl groups is 2. The molecule has 0 bridgehead atoms. The Labute approximate surface area is 211 Å². The molecule has 6 heteroatoms. The Morgan fingerprint density at radius 2 is 1.03 bits per heavy atom. The van der Waals surface area contributed by atoms with Crippen LogP contribution >= 0.6 is 0 Å². The molecule has 0 fully saturated rings. The molecule has 0 spiro atoms. The summed E-state index contributed by atoms with van der Waals surface area (Å²) < 4.78 is 6.94. The van der Waals surface area contributed by atoms with E-state index >= 15 is 0 Å². The van der Waals surface area contributed by atoms with Gasteiger partial charge in [0.25, 0.3) is 0 Å². The van der Waals surface area contributed by atoms with Gasteiger partial charge in [0.1, 0.15) is 11.2 Å². The Morgan fingerprint density at radius 3 is 1.29 bits per heavy atom. The first-order valence-corrected chi connectivity index (χ1v) is 15.1. The molecule has 0 aliphatic rings. The van der Waals surface area contributed by atoms with Crippen molar-refractivity contribution in [2.45, 2.75) is 90.8 Å². The normalized spacial score (nSPS) is 13.4. The zero-order valence-corrected chi connectivity index (χ0v) is 23.9. The van der Waals surface area contributed by atoms with Gasteiger partial charge >= 0.3 is 0 Å². The lowest BCUT2D eigenvalue weighted by molar-refractivity contribution is 0.0487. The molecule has 0 aliphatic carbocycles. The highest BCUT2D eigenvalue weighted by molar-refractivity contribution is 6.74. The zero-order valence-electron chi connectivity index (χ0n) is 22.9. The Kier molecular flexibility index (Phi) is 8.39. The molecule has 0 saturated heterocycles. The van der Waals surface area contributed by atoms with Crippen LogP contribution in [0.25, 0.3) is 0 Å². The minimum Gasteiger partial charge on any atom is -0.406 e. The lowest BCUT2D eigenvalue weighted by Gasteiger charge is -2.44. The molecule has 2 N–H and O–H groups in total. The highest BCUT2D eigenvalue weighted by atomic mass is 28.4. The Hall–Kier alpha value is -2.12. The second kappa shape index (κ2) is 10.1. The topological polar surface area (TPSA) is 83.8 Å². The highest BCUT2D eigenvalue weighted by Gasteiger charge is 2.45. The van der Waals surface area contributed by atoms with Gasteiger partial charge in [0.2, 0.25) is 0 Å². The van der Waals surface area contributed by atoms with Crippen molar-refractivity contribution in [1.29, 1.82) is 0 Å². The molecular formula is C29H42O5Si. The number of benzene rings is 2. The molecule has 2 aromatic carbocycles. The largest absolute Gasteiger partial charge is 0.406 e. The van der Waals surface area contributed by atoms with E-state index in [-0.39, 0.29) is 16.6 Å². The van der Waals surface area contributed by atoms with Crippen LogP contribution < -0.4 is 0 Å². The molecule has 0 amide bonds. The van der Waals surface area contributed by atoms with E-state index in [2.05, 4.69) is 40.8 Å². The fourth-order valence-corrected chi connectivity index (χ4v) is 6.35. The van der Waals surface area contributed by atoms with Crippen molar-refractivity contribution in [3.8, 4) is 0 Å². The first-order chi connectivity index (χ1) is 15.8. The third-order valence-electron chi connectivity index (χ3n) is 7.47. The predicted molar refractivity (Wildman–Crippen MR) is 143 cm³/mol. The summed E-state index contributed by atoms with van der Waals surface area (Å²) >= 11 is 0.